The van der Waals surface area contributed by atoms with Crippen molar-refractivity contribution >= 4 is 17.9 Å². The largest absolute Gasteiger partial charge is 0.417 e. The van der Waals surface area contributed by atoms with Gasteiger partial charge in [0.05, 0.1) is 5.56 Å². The first kappa shape index (κ1) is 17.3. The van der Waals surface area contributed by atoms with Gasteiger partial charge in [0.2, 0.25) is 0 Å². The lowest BCUT2D eigenvalue weighted by atomic mass is 10.0. The number of terminal acetylenes is 1. The zero-order chi connectivity index (χ0) is 17.9. The number of aryl methyl sites for hydroxylation is 1. The Labute approximate surface area is 136 Å². The van der Waals surface area contributed by atoms with E-state index in [0.717, 1.165) is 17.7 Å². The van der Waals surface area contributed by atoms with Gasteiger partial charge in [-0.15, -0.1) is 6.42 Å². The first-order valence-corrected chi connectivity index (χ1v) is 6.81. The van der Waals surface area contributed by atoms with Gasteiger partial charge in [-0.25, -0.2) is 0 Å². The number of halogens is 3. The molecule has 0 fully saturated rings. The Morgan fingerprint density at radius 3 is 2.50 bits per heavy atom. The van der Waals surface area contributed by atoms with E-state index in [-0.39, 0.29) is 17.5 Å². The summed E-state index contributed by atoms with van der Waals surface area (Å²) in [5, 5.41) is 2.37. The van der Waals surface area contributed by atoms with Gasteiger partial charge in [0, 0.05) is 22.4 Å². The van der Waals surface area contributed by atoms with Gasteiger partial charge >= 0.3 is 6.18 Å². The fourth-order valence-electron chi connectivity index (χ4n) is 2.10. The molecule has 122 valence electrons. The summed E-state index contributed by atoms with van der Waals surface area (Å²) >= 11 is 0. The molecule has 0 bridgehead atoms. The van der Waals surface area contributed by atoms with Gasteiger partial charge < -0.3 is 5.32 Å². The lowest BCUT2D eigenvalue weighted by molar-refractivity contribution is -0.137. The molecule has 0 aromatic heterocycles. The molecule has 0 unspecified atom stereocenters. The fourth-order valence-corrected chi connectivity index (χ4v) is 2.10. The van der Waals surface area contributed by atoms with Crippen molar-refractivity contribution in [3.63, 3.8) is 0 Å². The maximum absolute atomic E-state index is 12.9. The highest BCUT2D eigenvalue weighted by molar-refractivity contribution is 6.04. The molecule has 0 saturated heterocycles. The molecule has 0 aliphatic rings. The summed E-state index contributed by atoms with van der Waals surface area (Å²) in [6, 6.07) is 7.62. The molecule has 6 heteroatoms. The highest BCUT2D eigenvalue weighted by atomic mass is 19.4. The minimum Gasteiger partial charge on any atom is -0.322 e. The molecule has 0 radical (unpaired) electrons. The van der Waals surface area contributed by atoms with Crippen LogP contribution in [-0.4, -0.2) is 12.2 Å². The maximum Gasteiger partial charge on any atom is 0.417 e. The van der Waals surface area contributed by atoms with E-state index < -0.39 is 23.2 Å². The van der Waals surface area contributed by atoms with E-state index in [1.54, 1.807) is 13.0 Å². The Morgan fingerprint density at radius 1 is 1.21 bits per heavy atom. The zero-order valence-electron chi connectivity index (χ0n) is 12.6. The van der Waals surface area contributed by atoms with E-state index in [4.69, 9.17) is 6.42 Å². The molecule has 0 spiro atoms. The molecule has 0 aliphatic heterocycles. The van der Waals surface area contributed by atoms with E-state index in [1.165, 1.54) is 18.2 Å². The van der Waals surface area contributed by atoms with Crippen LogP contribution in [0.4, 0.5) is 18.9 Å². The van der Waals surface area contributed by atoms with Crippen LogP contribution in [0, 0.1) is 19.3 Å². The predicted molar refractivity (Wildman–Crippen MR) is 83.9 cm³/mol. The number of hydrogen-bond acceptors (Lipinski definition) is 2. The van der Waals surface area contributed by atoms with Crippen molar-refractivity contribution in [1.82, 2.24) is 0 Å². The topological polar surface area (TPSA) is 46.2 Å². The second-order valence-electron chi connectivity index (χ2n) is 5.05. The summed E-state index contributed by atoms with van der Waals surface area (Å²) in [5.41, 5.74) is -0.116. The van der Waals surface area contributed by atoms with Crippen LogP contribution in [0.25, 0.3) is 0 Å². The number of hydrogen-bond donors (Lipinski definition) is 1. The molecule has 24 heavy (non-hydrogen) atoms. The third-order valence-corrected chi connectivity index (χ3v) is 3.40. The van der Waals surface area contributed by atoms with E-state index in [1.807, 2.05) is 0 Å². The molecule has 0 heterocycles. The Morgan fingerprint density at radius 2 is 1.92 bits per heavy atom. The van der Waals surface area contributed by atoms with Crippen molar-refractivity contribution in [2.24, 2.45) is 0 Å². The average molecular weight is 331 g/mol. The first-order chi connectivity index (χ1) is 11.3. The Hall–Kier alpha value is -3.07. The van der Waals surface area contributed by atoms with Crippen LogP contribution in [-0.2, 0) is 6.18 Å². The first-order valence-electron chi connectivity index (χ1n) is 6.81. The molecule has 2 rings (SSSR count). The van der Waals surface area contributed by atoms with E-state index >= 15 is 0 Å². The Balaban J connectivity index is 2.33. The normalized spacial score (nSPS) is 10.8. The SMILES string of the molecule is C#Cc1cc(C(=O)Nc2ccc(C=O)c(C(F)(F)F)c2)ccc1C. The molecule has 3 nitrogen and oxygen atoms in total. The Kier molecular flexibility index (Phi) is 4.74. The van der Waals surface area contributed by atoms with Crippen LogP contribution < -0.4 is 5.32 Å². The molecular formula is C18H12F3NO2. The fraction of sp³-hybridized carbons (Fsp3) is 0.111. The summed E-state index contributed by atoms with van der Waals surface area (Å²) in [7, 11) is 0. The van der Waals surface area contributed by atoms with Gasteiger partial charge in [-0.3, -0.25) is 9.59 Å². The van der Waals surface area contributed by atoms with Gasteiger partial charge in [-0.1, -0.05) is 12.0 Å². The smallest absolute Gasteiger partial charge is 0.322 e. The molecule has 0 atom stereocenters. The van der Waals surface area contributed by atoms with Gasteiger partial charge in [0.25, 0.3) is 5.91 Å². The van der Waals surface area contributed by atoms with Crippen molar-refractivity contribution < 1.29 is 22.8 Å². The lowest BCUT2D eigenvalue weighted by Crippen LogP contribution is -2.14. The maximum atomic E-state index is 12.9. The van der Waals surface area contributed by atoms with Crippen LogP contribution in [0.1, 0.15) is 37.4 Å². The number of carbonyl (C=O) groups excluding carboxylic acids is 2. The minimum atomic E-state index is -4.70. The minimum absolute atomic E-state index is 0.0687. The predicted octanol–water partition coefficient (Wildman–Crippen LogP) is 4.06. The molecule has 1 amide bonds. The number of carbonyl (C=O) groups is 2. The molecule has 0 saturated carbocycles. The highest BCUT2D eigenvalue weighted by Gasteiger charge is 2.33. The summed E-state index contributed by atoms with van der Waals surface area (Å²) < 4.78 is 38.8. The number of nitrogens with one attached hydrogen (secondary N) is 1. The summed E-state index contributed by atoms with van der Waals surface area (Å²) in [5.74, 6) is 1.83. The molecular weight excluding hydrogens is 319 g/mol. The average Bonchev–Trinajstić information content (AvgIpc) is 2.54. The number of rotatable bonds is 3. The van der Waals surface area contributed by atoms with Crippen LogP contribution >= 0.6 is 0 Å². The number of alkyl halides is 3. The number of amides is 1. The van der Waals surface area contributed by atoms with Gasteiger partial charge in [-0.2, -0.15) is 13.2 Å². The van der Waals surface area contributed by atoms with Crippen LogP contribution in [0.15, 0.2) is 36.4 Å². The summed E-state index contributed by atoms with van der Waals surface area (Å²) in [6.07, 6.45) is 0.754. The van der Waals surface area contributed by atoms with Crippen molar-refractivity contribution in [2.75, 3.05) is 5.32 Å². The second kappa shape index (κ2) is 6.59. The van der Waals surface area contributed by atoms with Gasteiger partial charge in [0.15, 0.2) is 6.29 Å². The lowest BCUT2D eigenvalue weighted by Gasteiger charge is -2.12. The Bertz CT molecular complexity index is 848. The van der Waals surface area contributed by atoms with Crippen LogP contribution in [0.2, 0.25) is 0 Å². The molecule has 2 aromatic rings. The third kappa shape index (κ3) is 3.63. The van der Waals surface area contributed by atoms with Crippen LogP contribution in [0.5, 0.6) is 0 Å². The van der Waals surface area contributed by atoms with Crippen molar-refractivity contribution in [3.8, 4) is 12.3 Å². The van der Waals surface area contributed by atoms with Gasteiger partial charge in [0.1, 0.15) is 0 Å². The number of benzene rings is 2. The summed E-state index contributed by atoms with van der Waals surface area (Å²) in [6.45, 7) is 1.78. The standard InChI is InChI=1S/C18H12F3NO2/c1-3-12-8-13(5-4-11(12)2)17(24)22-15-7-6-14(10-23)16(9-15)18(19,20)21/h1,4-10H,2H3,(H,22,24). The summed E-state index contributed by atoms with van der Waals surface area (Å²) in [4.78, 5) is 22.9. The third-order valence-electron chi connectivity index (χ3n) is 3.40. The van der Waals surface area contributed by atoms with Crippen molar-refractivity contribution in [2.45, 2.75) is 13.1 Å². The quantitative estimate of drug-likeness (QED) is 0.681. The molecule has 0 aliphatic carbocycles. The van der Waals surface area contributed by atoms with E-state index in [0.29, 0.717) is 5.56 Å². The van der Waals surface area contributed by atoms with E-state index in [9.17, 15) is 22.8 Å². The van der Waals surface area contributed by atoms with Gasteiger partial charge in [-0.05, 0) is 42.8 Å². The number of aldehydes is 1. The molecule has 1 N–H and O–H groups in total. The number of anilines is 1. The monoisotopic (exact) mass is 331 g/mol. The van der Waals surface area contributed by atoms with Crippen LogP contribution in [0.3, 0.4) is 0 Å². The van der Waals surface area contributed by atoms with Crippen molar-refractivity contribution in [1.29, 1.82) is 0 Å². The zero-order valence-corrected chi connectivity index (χ0v) is 12.6. The molecule has 2 aromatic carbocycles. The highest BCUT2D eigenvalue weighted by Crippen LogP contribution is 2.33. The van der Waals surface area contributed by atoms with E-state index in [2.05, 4.69) is 11.2 Å². The van der Waals surface area contributed by atoms with Crippen molar-refractivity contribution in [3.05, 3.63) is 64.2 Å². The second-order valence-corrected chi connectivity index (χ2v) is 5.05.